The van der Waals surface area contributed by atoms with Crippen LogP contribution in [0.3, 0.4) is 0 Å². The highest BCUT2D eigenvalue weighted by Crippen LogP contribution is 2.22. The second-order valence-electron chi connectivity index (χ2n) is 6.50. The molecule has 1 N–H and O–H groups in total. The fourth-order valence-corrected chi connectivity index (χ4v) is 3.07. The van der Waals surface area contributed by atoms with Crippen LogP contribution in [0.25, 0.3) is 0 Å². The van der Waals surface area contributed by atoms with Crippen LogP contribution in [0, 0.1) is 5.92 Å². The zero-order valence-corrected chi connectivity index (χ0v) is 14.7. The van der Waals surface area contributed by atoms with E-state index in [1.54, 1.807) is 19.3 Å². The van der Waals surface area contributed by atoms with Crippen molar-refractivity contribution in [3.05, 3.63) is 58.0 Å². The number of carbonyl (C=O) groups excluding carboxylic acids is 1. The van der Waals surface area contributed by atoms with Crippen LogP contribution in [0.5, 0.6) is 0 Å². The molecule has 2 aromatic rings. The van der Waals surface area contributed by atoms with E-state index in [0.29, 0.717) is 13.1 Å². The third-order valence-electron chi connectivity index (χ3n) is 4.78. The number of carbonyl (C=O) groups is 1. The molecule has 0 radical (unpaired) electrons. The molecule has 1 saturated heterocycles. The summed E-state index contributed by atoms with van der Waals surface area (Å²) >= 11 is 0. The van der Waals surface area contributed by atoms with E-state index in [9.17, 15) is 9.59 Å². The van der Waals surface area contributed by atoms with Crippen molar-refractivity contribution in [2.24, 2.45) is 13.0 Å². The van der Waals surface area contributed by atoms with Crippen molar-refractivity contribution in [3.8, 4) is 0 Å². The summed E-state index contributed by atoms with van der Waals surface area (Å²) in [5.41, 5.74) is 3.05. The number of aromatic nitrogens is 2. The summed E-state index contributed by atoms with van der Waals surface area (Å²) in [4.78, 5) is 26.2. The standard InChI is InChI=1S/C19H24N4O2/c1-3-14-4-6-15(7-5-14)11-20-19(25)16-8-9-23(13-16)17-10-18(24)22(2)21-12-17/h4-7,10,12,16H,3,8-9,11,13H2,1-2H3,(H,20,25). The van der Waals surface area contributed by atoms with Crippen LogP contribution in [0.2, 0.25) is 0 Å². The maximum Gasteiger partial charge on any atom is 0.268 e. The molecular weight excluding hydrogens is 316 g/mol. The maximum atomic E-state index is 12.4. The van der Waals surface area contributed by atoms with Crippen molar-refractivity contribution in [2.75, 3.05) is 18.0 Å². The predicted octanol–water partition coefficient (Wildman–Crippen LogP) is 1.49. The van der Waals surface area contributed by atoms with Crippen LogP contribution in [0.1, 0.15) is 24.5 Å². The summed E-state index contributed by atoms with van der Waals surface area (Å²) in [5, 5.41) is 7.07. The number of hydrogen-bond acceptors (Lipinski definition) is 4. The van der Waals surface area contributed by atoms with Gasteiger partial charge in [0, 0.05) is 32.7 Å². The van der Waals surface area contributed by atoms with Crippen molar-refractivity contribution >= 4 is 11.6 Å². The highest BCUT2D eigenvalue weighted by Gasteiger charge is 2.28. The lowest BCUT2D eigenvalue weighted by Gasteiger charge is -2.18. The van der Waals surface area contributed by atoms with Gasteiger partial charge in [0.05, 0.1) is 17.8 Å². The van der Waals surface area contributed by atoms with E-state index >= 15 is 0 Å². The van der Waals surface area contributed by atoms with Gasteiger partial charge in [-0.1, -0.05) is 31.2 Å². The topological polar surface area (TPSA) is 67.2 Å². The van der Waals surface area contributed by atoms with Gasteiger partial charge >= 0.3 is 0 Å². The average Bonchev–Trinajstić information content (AvgIpc) is 3.12. The summed E-state index contributed by atoms with van der Waals surface area (Å²) < 4.78 is 1.30. The van der Waals surface area contributed by atoms with E-state index in [-0.39, 0.29) is 17.4 Å². The van der Waals surface area contributed by atoms with Gasteiger partial charge in [0.2, 0.25) is 5.91 Å². The molecule has 1 atom stereocenters. The number of nitrogens with one attached hydrogen (secondary N) is 1. The van der Waals surface area contributed by atoms with E-state index < -0.39 is 0 Å². The lowest BCUT2D eigenvalue weighted by Crippen LogP contribution is -2.32. The lowest BCUT2D eigenvalue weighted by molar-refractivity contribution is -0.124. The molecule has 6 heteroatoms. The molecule has 1 fully saturated rings. The van der Waals surface area contributed by atoms with Gasteiger partial charge in [-0.05, 0) is 24.0 Å². The first kappa shape index (κ1) is 17.2. The smallest absolute Gasteiger partial charge is 0.268 e. The molecule has 132 valence electrons. The summed E-state index contributed by atoms with van der Waals surface area (Å²) in [5.74, 6) is 0.0119. The molecule has 2 heterocycles. The van der Waals surface area contributed by atoms with E-state index in [0.717, 1.165) is 30.6 Å². The van der Waals surface area contributed by atoms with Crippen molar-refractivity contribution < 1.29 is 4.79 Å². The van der Waals surface area contributed by atoms with Crippen LogP contribution < -0.4 is 15.8 Å². The SMILES string of the molecule is CCc1ccc(CNC(=O)C2CCN(c3cnn(C)c(=O)c3)C2)cc1. The second kappa shape index (κ2) is 7.51. The number of hydrogen-bond donors (Lipinski definition) is 1. The number of aryl methyl sites for hydroxylation is 2. The Bertz CT molecular complexity index is 798. The van der Waals surface area contributed by atoms with Gasteiger partial charge < -0.3 is 10.2 Å². The molecule has 1 aromatic carbocycles. The Balaban J connectivity index is 1.54. The van der Waals surface area contributed by atoms with Crippen LogP contribution in [0.4, 0.5) is 5.69 Å². The number of rotatable bonds is 5. The summed E-state index contributed by atoms with van der Waals surface area (Å²) in [6, 6.07) is 9.89. The molecule has 0 bridgehead atoms. The van der Waals surface area contributed by atoms with Crippen molar-refractivity contribution in [1.29, 1.82) is 0 Å². The first-order chi connectivity index (χ1) is 12.1. The van der Waals surface area contributed by atoms with Crippen molar-refractivity contribution in [1.82, 2.24) is 15.1 Å². The molecular formula is C19H24N4O2. The molecule has 25 heavy (non-hydrogen) atoms. The van der Waals surface area contributed by atoms with Crippen molar-refractivity contribution in [2.45, 2.75) is 26.3 Å². The van der Waals surface area contributed by atoms with Gasteiger partial charge in [0.1, 0.15) is 0 Å². The molecule has 1 aliphatic rings. The number of anilines is 1. The molecule has 1 amide bonds. The Morgan fingerprint density at radius 1 is 1.28 bits per heavy atom. The Hall–Kier alpha value is -2.63. The first-order valence-electron chi connectivity index (χ1n) is 8.70. The Labute approximate surface area is 147 Å². The maximum absolute atomic E-state index is 12.4. The number of nitrogens with zero attached hydrogens (tertiary/aromatic N) is 3. The Morgan fingerprint density at radius 3 is 2.68 bits per heavy atom. The molecule has 0 spiro atoms. The van der Waals surface area contributed by atoms with Gasteiger partial charge in [-0.25, -0.2) is 4.68 Å². The molecule has 1 aliphatic heterocycles. The fraction of sp³-hybridized carbons (Fsp3) is 0.421. The third-order valence-corrected chi connectivity index (χ3v) is 4.78. The van der Waals surface area contributed by atoms with Crippen LogP contribution in [-0.2, 0) is 24.8 Å². The van der Waals surface area contributed by atoms with Gasteiger partial charge in [0.15, 0.2) is 0 Å². The van der Waals surface area contributed by atoms with E-state index in [1.165, 1.54) is 10.2 Å². The molecule has 0 saturated carbocycles. The molecule has 0 aliphatic carbocycles. The molecule has 3 rings (SSSR count). The highest BCUT2D eigenvalue weighted by atomic mass is 16.2. The summed E-state index contributed by atoms with van der Waals surface area (Å²) in [6.07, 6.45) is 3.48. The molecule has 1 aromatic heterocycles. The average molecular weight is 340 g/mol. The lowest BCUT2D eigenvalue weighted by atomic mass is 10.1. The van der Waals surface area contributed by atoms with Crippen molar-refractivity contribution in [3.63, 3.8) is 0 Å². The minimum Gasteiger partial charge on any atom is -0.369 e. The van der Waals surface area contributed by atoms with E-state index in [2.05, 4.69) is 46.5 Å². The zero-order valence-electron chi connectivity index (χ0n) is 14.7. The van der Waals surface area contributed by atoms with Gasteiger partial charge in [-0.15, -0.1) is 0 Å². The Morgan fingerprint density at radius 2 is 2.00 bits per heavy atom. The number of benzene rings is 1. The first-order valence-corrected chi connectivity index (χ1v) is 8.70. The third kappa shape index (κ3) is 4.07. The largest absolute Gasteiger partial charge is 0.369 e. The van der Waals surface area contributed by atoms with Gasteiger partial charge in [0.25, 0.3) is 5.56 Å². The number of amides is 1. The molecule has 1 unspecified atom stereocenters. The summed E-state index contributed by atoms with van der Waals surface area (Å²) in [6.45, 7) is 4.06. The normalized spacial score (nSPS) is 16.9. The van der Waals surface area contributed by atoms with Crippen LogP contribution >= 0.6 is 0 Å². The monoisotopic (exact) mass is 340 g/mol. The molecule has 6 nitrogen and oxygen atoms in total. The van der Waals surface area contributed by atoms with E-state index in [1.807, 2.05) is 0 Å². The van der Waals surface area contributed by atoms with E-state index in [4.69, 9.17) is 0 Å². The zero-order chi connectivity index (χ0) is 17.8. The highest BCUT2D eigenvalue weighted by molar-refractivity contribution is 5.80. The minimum absolute atomic E-state index is 0.0565. The Kier molecular flexibility index (Phi) is 5.16. The second-order valence-corrected chi connectivity index (χ2v) is 6.50. The van der Waals surface area contributed by atoms with Crippen LogP contribution in [-0.4, -0.2) is 28.8 Å². The predicted molar refractivity (Wildman–Crippen MR) is 97.5 cm³/mol. The fourth-order valence-electron chi connectivity index (χ4n) is 3.07. The van der Waals surface area contributed by atoms with Crippen LogP contribution in [0.15, 0.2) is 41.3 Å². The van der Waals surface area contributed by atoms with Gasteiger partial charge in [-0.2, -0.15) is 5.10 Å². The van der Waals surface area contributed by atoms with Gasteiger partial charge in [-0.3, -0.25) is 9.59 Å². The quantitative estimate of drug-likeness (QED) is 0.895. The minimum atomic E-state index is -0.138. The summed E-state index contributed by atoms with van der Waals surface area (Å²) in [7, 11) is 1.62.